The van der Waals surface area contributed by atoms with Gasteiger partial charge in [0.15, 0.2) is 0 Å². The van der Waals surface area contributed by atoms with Gasteiger partial charge in [-0.3, -0.25) is 9.69 Å². The van der Waals surface area contributed by atoms with Crippen molar-refractivity contribution in [2.45, 2.75) is 18.9 Å². The molecule has 1 amide bonds. The standard InChI is InChI=1S/C13H18N2O/c1-15-9-5-8-11(13(14)16)12(15)10-6-3-2-4-7-10/h2-4,6-7,11-12H,5,8-9H2,1H3,(H2,14,16). The Kier molecular flexibility index (Phi) is 3.25. The van der Waals surface area contributed by atoms with Crippen LogP contribution in [0.15, 0.2) is 30.3 Å². The van der Waals surface area contributed by atoms with Gasteiger partial charge < -0.3 is 5.73 Å². The van der Waals surface area contributed by atoms with E-state index in [0.717, 1.165) is 19.4 Å². The number of piperidine rings is 1. The van der Waals surface area contributed by atoms with Crippen LogP contribution < -0.4 is 5.73 Å². The van der Waals surface area contributed by atoms with Crippen molar-refractivity contribution in [3.05, 3.63) is 35.9 Å². The van der Waals surface area contributed by atoms with Gasteiger partial charge in [-0.1, -0.05) is 30.3 Å². The average Bonchev–Trinajstić information content (AvgIpc) is 2.29. The van der Waals surface area contributed by atoms with Crippen LogP contribution in [0.5, 0.6) is 0 Å². The predicted octanol–water partition coefficient (Wildman–Crippen LogP) is 1.55. The number of carbonyl (C=O) groups excluding carboxylic acids is 1. The van der Waals surface area contributed by atoms with Crippen molar-refractivity contribution in [2.75, 3.05) is 13.6 Å². The molecule has 2 atom stereocenters. The third-order valence-electron chi connectivity index (χ3n) is 3.39. The molecule has 0 bridgehead atoms. The fraction of sp³-hybridized carbons (Fsp3) is 0.462. The summed E-state index contributed by atoms with van der Waals surface area (Å²) in [7, 11) is 2.06. The molecule has 86 valence electrons. The monoisotopic (exact) mass is 218 g/mol. The molecular formula is C13H18N2O. The Hall–Kier alpha value is -1.35. The molecule has 3 nitrogen and oxygen atoms in total. The lowest BCUT2D eigenvalue weighted by Crippen LogP contribution is -2.42. The second-order valence-corrected chi connectivity index (χ2v) is 4.49. The summed E-state index contributed by atoms with van der Waals surface area (Å²) in [4.78, 5) is 13.7. The second-order valence-electron chi connectivity index (χ2n) is 4.49. The molecule has 1 aliphatic heterocycles. The number of carbonyl (C=O) groups is 1. The van der Waals surface area contributed by atoms with Gasteiger partial charge in [-0.25, -0.2) is 0 Å². The lowest BCUT2D eigenvalue weighted by molar-refractivity contribution is -0.125. The molecule has 3 heteroatoms. The Morgan fingerprint density at radius 3 is 2.69 bits per heavy atom. The lowest BCUT2D eigenvalue weighted by atomic mass is 9.84. The number of hydrogen-bond donors (Lipinski definition) is 1. The first-order valence-electron chi connectivity index (χ1n) is 5.74. The quantitative estimate of drug-likeness (QED) is 0.818. The highest BCUT2D eigenvalue weighted by molar-refractivity contribution is 5.77. The summed E-state index contributed by atoms with van der Waals surface area (Å²) in [6.45, 7) is 1.03. The highest BCUT2D eigenvalue weighted by atomic mass is 16.1. The molecule has 0 saturated carbocycles. The summed E-state index contributed by atoms with van der Waals surface area (Å²) in [6.07, 6.45) is 1.95. The highest BCUT2D eigenvalue weighted by Crippen LogP contribution is 2.34. The zero-order chi connectivity index (χ0) is 11.5. The van der Waals surface area contributed by atoms with E-state index in [1.165, 1.54) is 5.56 Å². The predicted molar refractivity (Wildman–Crippen MR) is 63.7 cm³/mol. The number of nitrogens with zero attached hydrogens (tertiary/aromatic N) is 1. The van der Waals surface area contributed by atoms with Crippen molar-refractivity contribution in [1.29, 1.82) is 0 Å². The minimum atomic E-state index is -0.180. The molecule has 2 rings (SSSR count). The Bertz CT molecular complexity index is 363. The summed E-state index contributed by atoms with van der Waals surface area (Å²) < 4.78 is 0. The molecule has 0 aromatic heterocycles. The van der Waals surface area contributed by atoms with E-state index in [1.807, 2.05) is 18.2 Å². The van der Waals surface area contributed by atoms with E-state index < -0.39 is 0 Å². The molecule has 1 aromatic carbocycles. The normalized spacial score (nSPS) is 26.6. The molecule has 0 aliphatic carbocycles. The number of benzene rings is 1. The minimum absolute atomic E-state index is 0.0545. The number of primary amides is 1. The maximum absolute atomic E-state index is 11.5. The van der Waals surface area contributed by atoms with E-state index in [1.54, 1.807) is 0 Å². The minimum Gasteiger partial charge on any atom is -0.369 e. The fourth-order valence-corrected chi connectivity index (χ4v) is 2.60. The van der Waals surface area contributed by atoms with Crippen LogP contribution in [0.2, 0.25) is 0 Å². The maximum Gasteiger partial charge on any atom is 0.222 e. The largest absolute Gasteiger partial charge is 0.369 e. The summed E-state index contributed by atoms with van der Waals surface area (Å²) in [5.74, 6) is -0.235. The van der Waals surface area contributed by atoms with E-state index >= 15 is 0 Å². The van der Waals surface area contributed by atoms with E-state index in [2.05, 4.69) is 24.1 Å². The molecule has 2 N–H and O–H groups in total. The van der Waals surface area contributed by atoms with Gasteiger partial charge >= 0.3 is 0 Å². The van der Waals surface area contributed by atoms with Crippen molar-refractivity contribution in [2.24, 2.45) is 11.7 Å². The molecule has 1 heterocycles. The van der Waals surface area contributed by atoms with E-state index in [-0.39, 0.29) is 17.9 Å². The SMILES string of the molecule is CN1CCCC(C(N)=O)C1c1ccccc1. The maximum atomic E-state index is 11.5. The van der Waals surface area contributed by atoms with E-state index in [9.17, 15) is 4.79 Å². The second kappa shape index (κ2) is 4.66. The average molecular weight is 218 g/mol. The molecule has 2 unspecified atom stereocenters. The molecular weight excluding hydrogens is 200 g/mol. The van der Waals surface area contributed by atoms with E-state index in [4.69, 9.17) is 5.73 Å². The van der Waals surface area contributed by atoms with Crippen LogP contribution in [0.1, 0.15) is 24.4 Å². The number of nitrogens with two attached hydrogens (primary N) is 1. The topological polar surface area (TPSA) is 46.3 Å². The van der Waals surface area contributed by atoms with Crippen molar-refractivity contribution < 1.29 is 4.79 Å². The van der Waals surface area contributed by atoms with Gasteiger partial charge in [-0.2, -0.15) is 0 Å². The first kappa shape index (κ1) is 11.1. The zero-order valence-electron chi connectivity index (χ0n) is 9.60. The fourth-order valence-electron chi connectivity index (χ4n) is 2.60. The first-order chi connectivity index (χ1) is 7.70. The van der Waals surface area contributed by atoms with Crippen molar-refractivity contribution in [3.8, 4) is 0 Å². The molecule has 1 aliphatic rings. The number of amides is 1. The first-order valence-corrected chi connectivity index (χ1v) is 5.74. The van der Waals surface area contributed by atoms with Crippen LogP contribution in [0.25, 0.3) is 0 Å². The molecule has 1 saturated heterocycles. The summed E-state index contributed by atoms with van der Waals surface area (Å²) in [5.41, 5.74) is 6.68. The lowest BCUT2D eigenvalue weighted by Gasteiger charge is -2.38. The van der Waals surface area contributed by atoms with Gasteiger partial charge in [0.2, 0.25) is 5.91 Å². The number of hydrogen-bond acceptors (Lipinski definition) is 2. The van der Waals surface area contributed by atoms with Crippen molar-refractivity contribution in [1.82, 2.24) is 4.90 Å². The van der Waals surface area contributed by atoms with Crippen LogP contribution in [0.3, 0.4) is 0 Å². The molecule has 0 spiro atoms. The van der Waals surface area contributed by atoms with Crippen LogP contribution in [-0.4, -0.2) is 24.4 Å². The Labute approximate surface area is 96.2 Å². The van der Waals surface area contributed by atoms with Crippen LogP contribution >= 0.6 is 0 Å². The summed E-state index contributed by atoms with van der Waals surface area (Å²) in [5, 5.41) is 0. The van der Waals surface area contributed by atoms with Crippen LogP contribution in [0.4, 0.5) is 0 Å². The van der Waals surface area contributed by atoms with Gasteiger partial charge in [0.25, 0.3) is 0 Å². The van der Waals surface area contributed by atoms with Crippen LogP contribution in [0, 0.1) is 5.92 Å². The summed E-state index contributed by atoms with van der Waals surface area (Å²) >= 11 is 0. The van der Waals surface area contributed by atoms with Crippen molar-refractivity contribution >= 4 is 5.91 Å². The third-order valence-corrected chi connectivity index (χ3v) is 3.39. The molecule has 1 fully saturated rings. The smallest absolute Gasteiger partial charge is 0.222 e. The van der Waals surface area contributed by atoms with Gasteiger partial charge in [0, 0.05) is 6.04 Å². The van der Waals surface area contributed by atoms with E-state index in [0.29, 0.717) is 0 Å². The van der Waals surface area contributed by atoms with Crippen molar-refractivity contribution in [3.63, 3.8) is 0 Å². The Balaban J connectivity index is 2.30. The Morgan fingerprint density at radius 1 is 1.38 bits per heavy atom. The van der Waals surface area contributed by atoms with Gasteiger partial charge in [0.1, 0.15) is 0 Å². The van der Waals surface area contributed by atoms with Crippen LogP contribution in [-0.2, 0) is 4.79 Å². The highest BCUT2D eigenvalue weighted by Gasteiger charge is 2.33. The molecule has 1 aromatic rings. The zero-order valence-corrected chi connectivity index (χ0v) is 9.60. The Morgan fingerprint density at radius 2 is 2.06 bits per heavy atom. The molecule has 0 radical (unpaired) electrons. The summed E-state index contributed by atoms with van der Waals surface area (Å²) in [6, 6.07) is 10.3. The number of rotatable bonds is 2. The van der Waals surface area contributed by atoms with Gasteiger partial charge in [-0.15, -0.1) is 0 Å². The van der Waals surface area contributed by atoms with Gasteiger partial charge in [-0.05, 0) is 32.0 Å². The number of likely N-dealkylation sites (tertiary alicyclic amines) is 1. The third kappa shape index (κ3) is 2.09. The van der Waals surface area contributed by atoms with Gasteiger partial charge in [0.05, 0.1) is 5.92 Å². The molecule has 16 heavy (non-hydrogen) atoms.